The van der Waals surface area contributed by atoms with Crippen LogP contribution in [0.3, 0.4) is 0 Å². The zero-order chi connectivity index (χ0) is 12.0. The highest BCUT2D eigenvalue weighted by Gasteiger charge is 2.07. The first-order chi connectivity index (χ1) is 7.61. The Hall–Kier alpha value is -1.62. The summed E-state index contributed by atoms with van der Waals surface area (Å²) in [5.74, 6) is 0.00267. The van der Waals surface area contributed by atoms with E-state index in [2.05, 4.69) is 0 Å². The Bertz CT molecular complexity index is 393. The summed E-state index contributed by atoms with van der Waals surface area (Å²) in [5, 5.41) is 0. The normalized spacial score (nSPS) is 9.75. The highest BCUT2D eigenvalue weighted by atomic mass is 32.1. The summed E-state index contributed by atoms with van der Waals surface area (Å²) in [6, 6.07) is 6.86. The molecule has 1 rings (SSSR count). The molecule has 0 spiro atoms. The molecule has 5 heteroatoms. The van der Waals surface area contributed by atoms with Gasteiger partial charge in [-0.1, -0.05) is 24.4 Å². The SMILES string of the molecule is NC(=O)c1ccccc1OCCCC(N)=S. The van der Waals surface area contributed by atoms with Crippen molar-refractivity contribution in [2.75, 3.05) is 6.61 Å². The number of primary amides is 1. The van der Waals surface area contributed by atoms with E-state index in [1.165, 1.54) is 0 Å². The van der Waals surface area contributed by atoms with E-state index in [9.17, 15) is 4.79 Å². The quantitative estimate of drug-likeness (QED) is 0.577. The molecule has 0 atom stereocenters. The van der Waals surface area contributed by atoms with Gasteiger partial charge in [-0.25, -0.2) is 0 Å². The van der Waals surface area contributed by atoms with Crippen LogP contribution in [-0.2, 0) is 0 Å². The lowest BCUT2D eigenvalue weighted by molar-refractivity contribution is 0.0996. The molecule has 0 fully saturated rings. The van der Waals surface area contributed by atoms with E-state index in [0.717, 1.165) is 6.42 Å². The van der Waals surface area contributed by atoms with Crippen LogP contribution in [0.25, 0.3) is 0 Å². The minimum Gasteiger partial charge on any atom is -0.493 e. The summed E-state index contributed by atoms with van der Waals surface area (Å²) in [4.78, 5) is 11.5. The minimum atomic E-state index is -0.495. The fourth-order valence-electron chi connectivity index (χ4n) is 1.22. The molecule has 0 radical (unpaired) electrons. The molecule has 0 saturated carbocycles. The van der Waals surface area contributed by atoms with Gasteiger partial charge in [0.15, 0.2) is 0 Å². The monoisotopic (exact) mass is 238 g/mol. The number of para-hydroxylation sites is 1. The molecule has 1 amide bonds. The zero-order valence-corrected chi connectivity index (χ0v) is 9.63. The molecule has 0 aliphatic rings. The third-order valence-corrected chi connectivity index (χ3v) is 2.18. The Balaban J connectivity index is 2.53. The largest absolute Gasteiger partial charge is 0.493 e. The van der Waals surface area contributed by atoms with Gasteiger partial charge in [0.25, 0.3) is 5.91 Å². The van der Waals surface area contributed by atoms with Gasteiger partial charge in [-0.3, -0.25) is 4.79 Å². The van der Waals surface area contributed by atoms with E-state index in [4.69, 9.17) is 28.4 Å². The van der Waals surface area contributed by atoms with Crippen LogP contribution in [0.4, 0.5) is 0 Å². The maximum Gasteiger partial charge on any atom is 0.252 e. The molecular formula is C11H14N2O2S. The summed E-state index contributed by atoms with van der Waals surface area (Å²) in [5.41, 5.74) is 10.9. The summed E-state index contributed by atoms with van der Waals surface area (Å²) < 4.78 is 5.43. The lowest BCUT2D eigenvalue weighted by atomic mass is 10.2. The summed E-state index contributed by atoms with van der Waals surface area (Å²) in [7, 11) is 0. The second kappa shape index (κ2) is 6.07. The number of nitrogens with two attached hydrogens (primary N) is 2. The van der Waals surface area contributed by atoms with Crippen LogP contribution in [0.15, 0.2) is 24.3 Å². The third-order valence-electron chi connectivity index (χ3n) is 1.98. The van der Waals surface area contributed by atoms with E-state index in [0.29, 0.717) is 29.3 Å². The topological polar surface area (TPSA) is 78.3 Å². The Morgan fingerprint density at radius 3 is 2.62 bits per heavy atom. The van der Waals surface area contributed by atoms with Crippen molar-refractivity contribution >= 4 is 23.1 Å². The molecule has 0 heterocycles. The van der Waals surface area contributed by atoms with Crippen molar-refractivity contribution in [3.05, 3.63) is 29.8 Å². The van der Waals surface area contributed by atoms with Gasteiger partial charge in [0.2, 0.25) is 0 Å². The van der Waals surface area contributed by atoms with Crippen molar-refractivity contribution in [3.63, 3.8) is 0 Å². The number of thiocarbonyl (C=S) groups is 1. The molecule has 4 nitrogen and oxygen atoms in total. The molecule has 0 unspecified atom stereocenters. The number of hydrogen-bond donors (Lipinski definition) is 2. The maximum absolute atomic E-state index is 11.1. The zero-order valence-electron chi connectivity index (χ0n) is 8.81. The van der Waals surface area contributed by atoms with Crippen molar-refractivity contribution in [3.8, 4) is 5.75 Å². The number of hydrogen-bond acceptors (Lipinski definition) is 3. The van der Waals surface area contributed by atoms with E-state index in [1.54, 1.807) is 24.3 Å². The number of rotatable bonds is 6. The molecule has 1 aromatic rings. The van der Waals surface area contributed by atoms with E-state index in [1.807, 2.05) is 0 Å². The number of amides is 1. The fraction of sp³-hybridized carbons (Fsp3) is 0.273. The molecule has 16 heavy (non-hydrogen) atoms. The Labute approximate surface area is 99.6 Å². The molecule has 4 N–H and O–H groups in total. The van der Waals surface area contributed by atoms with Gasteiger partial charge in [-0.15, -0.1) is 0 Å². The molecule has 0 bridgehead atoms. The van der Waals surface area contributed by atoms with Crippen LogP contribution in [0.2, 0.25) is 0 Å². The van der Waals surface area contributed by atoms with E-state index < -0.39 is 5.91 Å². The number of benzene rings is 1. The van der Waals surface area contributed by atoms with Crippen molar-refractivity contribution in [1.29, 1.82) is 0 Å². The average molecular weight is 238 g/mol. The van der Waals surface area contributed by atoms with Gasteiger partial charge >= 0.3 is 0 Å². The number of carbonyl (C=O) groups is 1. The molecule has 0 aliphatic heterocycles. The van der Waals surface area contributed by atoms with Gasteiger partial charge in [-0.2, -0.15) is 0 Å². The van der Waals surface area contributed by atoms with Gasteiger partial charge in [0.05, 0.1) is 17.2 Å². The van der Waals surface area contributed by atoms with Crippen molar-refractivity contribution in [1.82, 2.24) is 0 Å². The van der Waals surface area contributed by atoms with Crippen LogP contribution < -0.4 is 16.2 Å². The standard InChI is InChI=1S/C11H14N2O2S/c12-10(16)6-3-7-15-9-5-2-1-4-8(9)11(13)14/h1-2,4-5H,3,6-7H2,(H2,12,16)(H2,13,14). The van der Waals surface area contributed by atoms with Gasteiger partial charge in [0.1, 0.15) is 5.75 Å². The third kappa shape index (κ3) is 3.86. The fourth-order valence-corrected chi connectivity index (χ4v) is 1.37. The Morgan fingerprint density at radius 1 is 1.31 bits per heavy atom. The Morgan fingerprint density at radius 2 is 2.00 bits per heavy atom. The maximum atomic E-state index is 11.1. The first-order valence-electron chi connectivity index (χ1n) is 4.91. The first kappa shape index (κ1) is 12.4. The molecule has 86 valence electrons. The highest BCUT2D eigenvalue weighted by molar-refractivity contribution is 7.80. The Kier molecular flexibility index (Phi) is 4.72. The summed E-state index contributed by atoms with van der Waals surface area (Å²) in [6.07, 6.45) is 1.36. The van der Waals surface area contributed by atoms with E-state index >= 15 is 0 Å². The molecule has 1 aromatic carbocycles. The lowest BCUT2D eigenvalue weighted by Gasteiger charge is -2.08. The number of carbonyl (C=O) groups excluding carboxylic acids is 1. The molecule has 0 aromatic heterocycles. The van der Waals surface area contributed by atoms with Crippen LogP contribution >= 0.6 is 12.2 Å². The van der Waals surface area contributed by atoms with Crippen molar-refractivity contribution < 1.29 is 9.53 Å². The number of ether oxygens (including phenoxy) is 1. The molecule has 0 aliphatic carbocycles. The first-order valence-corrected chi connectivity index (χ1v) is 5.32. The molecular weight excluding hydrogens is 224 g/mol. The summed E-state index contributed by atoms with van der Waals surface area (Å²) in [6.45, 7) is 0.460. The highest BCUT2D eigenvalue weighted by Crippen LogP contribution is 2.17. The van der Waals surface area contributed by atoms with Crippen molar-refractivity contribution in [2.45, 2.75) is 12.8 Å². The van der Waals surface area contributed by atoms with Gasteiger partial charge in [-0.05, 0) is 18.6 Å². The van der Waals surface area contributed by atoms with E-state index in [-0.39, 0.29) is 0 Å². The van der Waals surface area contributed by atoms with Crippen LogP contribution in [-0.4, -0.2) is 17.5 Å². The van der Waals surface area contributed by atoms with Crippen LogP contribution in [0.5, 0.6) is 5.75 Å². The smallest absolute Gasteiger partial charge is 0.252 e. The lowest BCUT2D eigenvalue weighted by Crippen LogP contribution is -2.14. The predicted octanol–water partition coefficient (Wildman–Crippen LogP) is 1.23. The predicted molar refractivity (Wildman–Crippen MR) is 66.5 cm³/mol. The summed E-state index contributed by atoms with van der Waals surface area (Å²) >= 11 is 4.74. The van der Waals surface area contributed by atoms with Gasteiger partial charge in [0, 0.05) is 6.42 Å². The van der Waals surface area contributed by atoms with Crippen LogP contribution in [0.1, 0.15) is 23.2 Å². The average Bonchev–Trinajstić information content (AvgIpc) is 2.24. The second-order valence-corrected chi connectivity index (χ2v) is 3.80. The van der Waals surface area contributed by atoms with Crippen molar-refractivity contribution in [2.24, 2.45) is 11.5 Å². The van der Waals surface area contributed by atoms with Gasteiger partial charge < -0.3 is 16.2 Å². The minimum absolute atomic E-state index is 0.387. The van der Waals surface area contributed by atoms with Crippen LogP contribution in [0, 0.1) is 0 Å². The second-order valence-electron chi connectivity index (χ2n) is 3.28. The molecule has 0 saturated heterocycles.